The highest BCUT2D eigenvalue weighted by Crippen LogP contribution is 2.59. The van der Waals surface area contributed by atoms with Gasteiger partial charge in [-0.25, -0.2) is 0 Å². The molecule has 50 heavy (non-hydrogen) atoms. The van der Waals surface area contributed by atoms with Gasteiger partial charge in [0.15, 0.2) is 0 Å². The third-order valence-electron chi connectivity index (χ3n) is 10.4. The first-order chi connectivity index (χ1) is 24.3. The van der Waals surface area contributed by atoms with Crippen molar-refractivity contribution in [1.82, 2.24) is 10.2 Å². The van der Waals surface area contributed by atoms with Crippen LogP contribution in [0.25, 0.3) is 10.8 Å². The molecule has 7 atom stereocenters. The summed E-state index contributed by atoms with van der Waals surface area (Å²) in [4.78, 5) is 59.3. The number of rotatable bonds is 15. The van der Waals surface area contributed by atoms with E-state index in [0.717, 1.165) is 10.8 Å². The largest absolute Gasteiger partial charge is 0.455 e. The molecule has 0 radical (unpaired) electrons. The molecule has 10 heteroatoms. The van der Waals surface area contributed by atoms with Crippen LogP contribution < -0.4 is 10.2 Å². The summed E-state index contributed by atoms with van der Waals surface area (Å²) >= 11 is 0. The Morgan fingerprint density at radius 2 is 1.82 bits per heavy atom. The molecule has 2 bridgehead atoms. The second-order valence-corrected chi connectivity index (χ2v) is 13.3. The number of amides is 3. The lowest BCUT2D eigenvalue weighted by Crippen LogP contribution is -2.59. The molecule has 0 aromatic heterocycles. The number of ether oxygens (including phenoxy) is 2. The predicted octanol–water partition coefficient (Wildman–Crippen LogP) is 4.87. The van der Waals surface area contributed by atoms with E-state index < -0.39 is 53.6 Å². The van der Waals surface area contributed by atoms with E-state index in [4.69, 9.17) is 9.47 Å². The van der Waals surface area contributed by atoms with E-state index >= 15 is 0 Å². The average Bonchev–Trinajstić information content (AvgIpc) is 3.79. The molecule has 3 fully saturated rings. The number of carbonyl (C=O) groups is 4. The predicted molar refractivity (Wildman–Crippen MR) is 190 cm³/mol. The maximum Gasteiger partial charge on any atom is 0.313 e. The lowest BCUT2D eigenvalue weighted by atomic mass is 9.70. The van der Waals surface area contributed by atoms with Gasteiger partial charge in [0, 0.05) is 18.7 Å². The number of nitrogens with zero attached hydrogens (tertiary/aromatic N) is 2. The Balaban J connectivity index is 1.33. The summed E-state index contributed by atoms with van der Waals surface area (Å²) in [6.07, 6.45) is 3.89. The van der Waals surface area contributed by atoms with Gasteiger partial charge in [-0.1, -0.05) is 79.7 Å². The first kappa shape index (κ1) is 35.0. The molecule has 3 aromatic rings. The second-order valence-electron chi connectivity index (χ2n) is 13.3. The van der Waals surface area contributed by atoms with Gasteiger partial charge < -0.3 is 29.7 Å². The molecule has 0 saturated carbocycles. The normalized spacial score (nSPS) is 24.8. The highest BCUT2D eigenvalue weighted by molar-refractivity contribution is 6.05. The van der Waals surface area contributed by atoms with Crippen LogP contribution in [0.1, 0.15) is 50.7 Å². The van der Waals surface area contributed by atoms with Gasteiger partial charge in [0.1, 0.15) is 17.7 Å². The van der Waals surface area contributed by atoms with Crippen LogP contribution in [0.5, 0.6) is 0 Å². The minimum absolute atomic E-state index is 0.0473. The number of likely N-dealkylation sites (tertiary alicyclic amines) is 1. The molecule has 3 amide bonds. The summed E-state index contributed by atoms with van der Waals surface area (Å²) < 4.78 is 12.8. The number of allylic oxidation sites excluding steroid dienone is 1. The van der Waals surface area contributed by atoms with Crippen molar-refractivity contribution in [3.63, 3.8) is 0 Å². The van der Waals surface area contributed by atoms with E-state index in [-0.39, 0.29) is 37.9 Å². The molecule has 10 nitrogen and oxygen atoms in total. The monoisotopic (exact) mass is 679 g/mol. The number of benzene rings is 3. The molecule has 0 unspecified atom stereocenters. The first-order valence-corrected chi connectivity index (χ1v) is 17.4. The number of carbonyl (C=O) groups excluding carboxylic acids is 4. The van der Waals surface area contributed by atoms with Crippen LogP contribution in [0.15, 0.2) is 98.1 Å². The van der Waals surface area contributed by atoms with Crippen molar-refractivity contribution >= 4 is 40.2 Å². The standard InChI is InChI=1S/C40H45N3O7/c1-4-7-17-33(45)41-24-32(27-14-9-8-10-15-27)49-39(48)34-31-20-21-40(50-31)35(34)37(46)43(29(6-3)25-44)36(40)38(47)42(22-5-2)30-19-18-26-13-11-12-16-28(26)23-30/h4-5,8-16,18-19,23,29,31-32,34-36,44H,1-2,6-7,17,20-22,24-25H2,3H3,(H,41,45)/t29-,31-,32+,34+,35+,36-,40+/m0/s1. The zero-order valence-corrected chi connectivity index (χ0v) is 28.4. The Morgan fingerprint density at radius 3 is 2.52 bits per heavy atom. The highest BCUT2D eigenvalue weighted by atomic mass is 16.6. The van der Waals surface area contributed by atoms with Crippen molar-refractivity contribution in [2.75, 3.05) is 24.6 Å². The summed E-state index contributed by atoms with van der Waals surface area (Å²) in [5.41, 5.74) is 0.0443. The van der Waals surface area contributed by atoms with Crippen LogP contribution in [0, 0.1) is 11.8 Å². The van der Waals surface area contributed by atoms with Crippen molar-refractivity contribution in [3.8, 4) is 0 Å². The molecular formula is C40H45N3O7. The van der Waals surface area contributed by atoms with Crippen molar-refractivity contribution in [3.05, 3.63) is 104 Å². The van der Waals surface area contributed by atoms with E-state index in [0.29, 0.717) is 36.9 Å². The van der Waals surface area contributed by atoms with Crippen molar-refractivity contribution in [2.24, 2.45) is 11.8 Å². The van der Waals surface area contributed by atoms with Gasteiger partial charge in [-0.3, -0.25) is 19.2 Å². The van der Waals surface area contributed by atoms with Crippen LogP contribution in [0.2, 0.25) is 0 Å². The summed E-state index contributed by atoms with van der Waals surface area (Å²) in [6.45, 7) is 9.29. The van der Waals surface area contributed by atoms with E-state index in [2.05, 4.69) is 18.5 Å². The SMILES string of the molecule is C=CCCC(=O)NC[C@@H](OC(=O)[C@@H]1[C@@H]2CC[C@]3(O2)[C@H](C(=O)N(CC=C)c2ccc4ccccc4c2)N([C@@H](CC)CO)C(=O)[C@@H]13)c1ccccc1. The van der Waals surface area contributed by atoms with Gasteiger partial charge in [-0.2, -0.15) is 0 Å². The van der Waals surface area contributed by atoms with Gasteiger partial charge in [0.2, 0.25) is 11.8 Å². The number of hydrogen-bond acceptors (Lipinski definition) is 7. The quantitative estimate of drug-likeness (QED) is 0.174. The zero-order valence-electron chi connectivity index (χ0n) is 28.4. The number of anilines is 1. The molecule has 262 valence electrons. The van der Waals surface area contributed by atoms with Gasteiger partial charge in [-0.05, 0) is 54.2 Å². The van der Waals surface area contributed by atoms with Crippen molar-refractivity contribution < 1.29 is 33.8 Å². The Bertz CT molecular complexity index is 1760. The van der Waals surface area contributed by atoms with Gasteiger partial charge in [0.25, 0.3) is 5.91 Å². The lowest BCUT2D eigenvalue weighted by molar-refractivity contribution is -0.161. The Labute approximate surface area is 292 Å². The topological polar surface area (TPSA) is 125 Å². The third-order valence-corrected chi connectivity index (χ3v) is 10.4. The van der Waals surface area contributed by atoms with E-state index in [1.165, 1.54) is 4.90 Å². The van der Waals surface area contributed by atoms with Gasteiger partial charge >= 0.3 is 5.97 Å². The minimum atomic E-state index is -1.29. The fraction of sp³-hybridized carbons (Fsp3) is 0.400. The van der Waals surface area contributed by atoms with Crippen LogP contribution in [0.4, 0.5) is 5.69 Å². The number of aliphatic hydroxyl groups excluding tert-OH is 1. The number of esters is 1. The summed E-state index contributed by atoms with van der Waals surface area (Å²) in [5, 5.41) is 15.3. The Morgan fingerprint density at radius 1 is 1.08 bits per heavy atom. The van der Waals surface area contributed by atoms with Crippen LogP contribution in [0.3, 0.4) is 0 Å². The molecular weight excluding hydrogens is 634 g/mol. The Hall–Kier alpha value is -4.80. The van der Waals surface area contributed by atoms with Crippen LogP contribution in [-0.2, 0) is 28.7 Å². The third kappa shape index (κ3) is 6.33. The molecule has 3 saturated heterocycles. The summed E-state index contributed by atoms with van der Waals surface area (Å²) in [5.74, 6) is -3.53. The number of nitrogens with one attached hydrogen (secondary N) is 1. The molecule has 6 rings (SSSR count). The molecule has 0 aliphatic carbocycles. The fourth-order valence-electron chi connectivity index (χ4n) is 8.03. The molecule has 2 N–H and O–H groups in total. The summed E-state index contributed by atoms with van der Waals surface area (Å²) in [6, 6.07) is 21.0. The first-order valence-electron chi connectivity index (χ1n) is 17.4. The number of aliphatic hydroxyl groups is 1. The number of hydrogen-bond donors (Lipinski definition) is 2. The van der Waals surface area contributed by atoms with Crippen LogP contribution in [-0.4, -0.2) is 77.2 Å². The molecule has 3 aromatic carbocycles. The van der Waals surface area contributed by atoms with Gasteiger partial charge in [0.05, 0.1) is 37.1 Å². The van der Waals surface area contributed by atoms with Crippen LogP contribution >= 0.6 is 0 Å². The smallest absolute Gasteiger partial charge is 0.313 e. The Kier molecular flexibility index (Phi) is 10.5. The minimum Gasteiger partial charge on any atom is -0.455 e. The van der Waals surface area contributed by atoms with Gasteiger partial charge in [-0.15, -0.1) is 13.2 Å². The van der Waals surface area contributed by atoms with Crippen molar-refractivity contribution in [1.29, 1.82) is 0 Å². The molecule has 3 aliphatic heterocycles. The van der Waals surface area contributed by atoms with E-state index in [1.807, 2.05) is 79.7 Å². The maximum atomic E-state index is 14.9. The molecule has 3 heterocycles. The zero-order chi connectivity index (χ0) is 35.4. The highest BCUT2D eigenvalue weighted by Gasteiger charge is 2.75. The maximum absolute atomic E-state index is 14.9. The lowest BCUT2D eigenvalue weighted by Gasteiger charge is -2.39. The summed E-state index contributed by atoms with van der Waals surface area (Å²) in [7, 11) is 0. The van der Waals surface area contributed by atoms with E-state index in [9.17, 15) is 24.3 Å². The second kappa shape index (κ2) is 15.0. The molecule has 3 aliphatic rings. The average molecular weight is 680 g/mol. The van der Waals surface area contributed by atoms with Crippen molar-refractivity contribution in [2.45, 2.75) is 68.9 Å². The fourth-order valence-corrected chi connectivity index (χ4v) is 8.03. The molecule has 1 spiro atoms. The number of fused-ring (bicyclic) bond motifs is 2. The van der Waals surface area contributed by atoms with E-state index in [1.54, 1.807) is 17.1 Å².